The average molecular weight is 378 g/mol. The molecule has 0 radical (unpaired) electrons. The van der Waals surface area contributed by atoms with Crippen LogP contribution in [-0.4, -0.2) is 42.5 Å². The van der Waals surface area contributed by atoms with Gasteiger partial charge in [-0.2, -0.15) is 4.98 Å². The Labute approximate surface area is 156 Å². The van der Waals surface area contributed by atoms with E-state index in [2.05, 4.69) is 9.97 Å². The highest BCUT2D eigenvalue weighted by Gasteiger charge is 2.16. The fraction of sp³-hybridized carbons (Fsp3) is 0.353. The van der Waals surface area contributed by atoms with Crippen LogP contribution in [0.3, 0.4) is 0 Å². The van der Waals surface area contributed by atoms with E-state index in [9.17, 15) is 4.79 Å². The fourth-order valence-corrected chi connectivity index (χ4v) is 3.22. The Morgan fingerprint density at radius 1 is 1.19 bits per heavy atom. The Bertz CT molecular complexity index is 760. The van der Waals surface area contributed by atoms with E-state index in [0.29, 0.717) is 30.3 Å². The van der Waals surface area contributed by atoms with Crippen molar-refractivity contribution in [2.24, 2.45) is 0 Å². The van der Waals surface area contributed by atoms with Gasteiger partial charge in [-0.15, -0.1) is 11.8 Å². The van der Waals surface area contributed by atoms with Gasteiger partial charge in [-0.05, 0) is 24.6 Å². The molecule has 0 atom stereocenters. The van der Waals surface area contributed by atoms with Crippen molar-refractivity contribution in [3.05, 3.63) is 29.5 Å². The number of benzene rings is 1. The van der Waals surface area contributed by atoms with Gasteiger partial charge >= 0.3 is 5.97 Å². The summed E-state index contributed by atoms with van der Waals surface area (Å²) in [4.78, 5) is 20.3. The van der Waals surface area contributed by atoms with E-state index in [-0.39, 0.29) is 17.7 Å². The molecule has 9 heteroatoms. The van der Waals surface area contributed by atoms with E-state index in [1.807, 2.05) is 12.1 Å². The van der Waals surface area contributed by atoms with E-state index in [4.69, 9.17) is 25.7 Å². The Hall–Kier alpha value is -2.68. The predicted molar refractivity (Wildman–Crippen MR) is 101 cm³/mol. The molecule has 0 saturated heterocycles. The Kier molecular flexibility index (Phi) is 6.90. The molecule has 0 aliphatic heterocycles. The maximum atomic E-state index is 11.6. The van der Waals surface area contributed by atoms with E-state index in [0.717, 1.165) is 16.0 Å². The lowest BCUT2D eigenvalue weighted by Gasteiger charge is -2.15. The number of thioether (sulfide) groups is 1. The van der Waals surface area contributed by atoms with E-state index in [1.54, 1.807) is 27.3 Å². The third-order valence-corrected chi connectivity index (χ3v) is 4.54. The van der Waals surface area contributed by atoms with Crippen LogP contribution >= 0.6 is 11.8 Å². The van der Waals surface area contributed by atoms with Gasteiger partial charge in [0.15, 0.2) is 0 Å². The molecule has 0 amide bonds. The van der Waals surface area contributed by atoms with Crippen molar-refractivity contribution in [2.75, 3.05) is 38.0 Å². The standard InChI is InChI=1S/C17H22N4O4S/c1-4-25-14(22)9-26-15-12(23-2)6-10(7-13(15)24-3)5-11-8-20-17(19)21-16(11)18/h6-8H,4-5,9H2,1-3H3,(H4,18,19,20,21). The summed E-state index contributed by atoms with van der Waals surface area (Å²) in [7, 11) is 3.13. The van der Waals surface area contributed by atoms with Gasteiger partial charge in [-0.25, -0.2) is 4.98 Å². The highest BCUT2D eigenvalue weighted by Crippen LogP contribution is 2.39. The van der Waals surface area contributed by atoms with Crippen molar-refractivity contribution in [3.8, 4) is 11.5 Å². The minimum absolute atomic E-state index is 0.132. The molecule has 1 heterocycles. The molecule has 1 aromatic heterocycles. The fourth-order valence-electron chi connectivity index (χ4n) is 2.30. The number of aromatic nitrogens is 2. The number of esters is 1. The van der Waals surface area contributed by atoms with Gasteiger partial charge in [0.1, 0.15) is 17.3 Å². The number of ether oxygens (including phenoxy) is 3. The first kappa shape index (κ1) is 19.6. The van der Waals surface area contributed by atoms with Gasteiger partial charge < -0.3 is 25.7 Å². The van der Waals surface area contributed by atoms with Crippen LogP contribution < -0.4 is 20.9 Å². The van der Waals surface area contributed by atoms with Crippen molar-refractivity contribution >= 4 is 29.5 Å². The smallest absolute Gasteiger partial charge is 0.316 e. The maximum absolute atomic E-state index is 11.6. The monoisotopic (exact) mass is 378 g/mol. The van der Waals surface area contributed by atoms with Gasteiger partial charge in [-0.3, -0.25) is 4.79 Å². The Morgan fingerprint density at radius 2 is 1.85 bits per heavy atom. The molecule has 26 heavy (non-hydrogen) atoms. The van der Waals surface area contributed by atoms with Crippen LogP contribution in [0.25, 0.3) is 0 Å². The van der Waals surface area contributed by atoms with Gasteiger partial charge in [0.2, 0.25) is 5.95 Å². The quantitative estimate of drug-likeness (QED) is 0.523. The molecular formula is C17H22N4O4S. The summed E-state index contributed by atoms with van der Waals surface area (Å²) in [6.07, 6.45) is 2.09. The predicted octanol–water partition coefficient (Wildman–Crippen LogP) is 1.90. The van der Waals surface area contributed by atoms with E-state index < -0.39 is 0 Å². The van der Waals surface area contributed by atoms with Crippen LogP contribution in [0.15, 0.2) is 23.2 Å². The number of carbonyl (C=O) groups excluding carboxylic acids is 1. The van der Waals surface area contributed by atoms with Crippen molar-refractivity contribution in [1.82, 2.24) is 9.97 Å². The third-order valence-electron chi connectivity index (χ3n) is 3.47. The molecule has 0 aliphatic carbocycles. The summed E-state index contributed by atoms with van der Waals surface area (Å²) in [5.41, 5.74) is 13.1. The summed E-state index contributed by atoms with van der Waals surface area (Å²) in [6.45, 7) is 2.11. The summed E-state index contributed by atoms with van der Waals surface area (Å²) < 4.78 is 15.9. The minimum Gasteiger partial charge on any atom is -0.495 e. The first-order chi connectivity index (χ1) is 12.5. The normalized spacial score (nSPS) is 10.4. The molecule has 4 N–H and O–H groups in total. The molecular weight excluding hydrogens is 356 g/mol. The second-order valence-electron chi connectivity index (χ2n) is 5.24. The molecule has 0 saturated carbocycles. The summed E-state index contributed by atoms with van der Waals surface area (Å²) >= 11 is 1.30. The molecule has 0 bridgehead atoms. The van der Waals surface area contributed by atoms with Crippen LogP contribution in [-0.2, 0) is 16.0 Å². The number of anilines is 2. The van der Waals surface area contributed by atoms with Crippen molar-refractivity contribution in [3.63, 3.8) is 0 Å². The van der Waals surface area contributed by atoms with E-state index in [1.165, 1.54) is 11.8 Å². The van der Waals surface area contributed by atoms with Crippen LogP contribution in [0.1, 0.15) is 18.1 Å². The van der Waals surface area contributed by atoms with Gasteiger partial charge in [0.05, 0.1) is 31.5 Å². The van der Waals surface area contributed by atoms with Gasteiger partial charge in [-0.1, -0.05) is 0 Å². The molecule has 140 valence electrons. The van der Waals surface area contributed by atoms with Crippen LogP contribution in [0.2, 0.25) is 0 Å². The number of nitrogen functional groups attached to an aromatic ring is 2. The van der Waals surface area contributed by atoms with Crippen molar-refractivity contribution in [2.45, 2.75) is 18.2 Å². The molecule has 2 aromatic rings. The molecule has 0 fully saturated rings. The van der Waals surface area contributed by atoms with Gasteiger partial charge in [0, 0.05) is 18.2 Å². The lowest BCUT2D eigenvalue weighted by atomic mass is 10.1. The van der Waals surface area contributed by atoms with Gasteiger partial charge in [0.25, 0.3) is 0 Å². The van der Waals surface area contributed by atoms with Crippen molar-refractivity contribution < 1.29 is 19.0 Å². The number of carbonyl (C=O) groups is 1. The topological polar surface area (TPSA) is 123 Å². The number of rotatable bonds is 8. The Morgan fingerprint density at radius 3 is 2.38 bits per heavy atom. The third kappa shape index (κ3) is 4.92. The number of hydrogen-bond acceptors (Lipinski definition) is 9. The average Bonchev–Trinajstić information content (AvgIpc) is 2.62. The summed E-state index contributed by atoms with van der Waals surface area (Å²) in [5.74, 6) is 1.53. The number of nitrogens with two attached hydrogens (primary N) is 2. The van der Waals surface area contributed by atoms with Crippen molar-refractivity contribution in [1.29, 1.82) is 0 Å². The molecule has 2 rings (SSSR count). The number of methoxy groups -OCH3 is 2. The first-order valence-corrected chi connectivity index (χ1v) is 8.87. The lowest BCUT2D eigenvalue weighted by molar-refractivity contribution is -0.139. The zero-order valence-corrected chi connectivity index (χ0v) is 15.8. The summed E-state index contributed by atoms with van der Waals surface area (Å²) in [6, 6.07) is 3.73. The second kappa shape index (κ2) is 9.14. The maximum Gasteiger partial charge on any atom is 0.316 e. The first-order valence-electron chi connectivity index (χ1n) is 7.88. The highest BCUT2D eigenvalue weighted by molar-refractivity contribution is 8.00. The number of nitrogens with zero attached hydrogens (tertiary/aromatic N) is 2. The lowest BCUT2D eigenvalue weighted by Crippen LogP contribution is -2.07. The van der Waals surface area contributed by atoms with Crippen LogP contribution in [0, 0.1) is 0 Å². The number of hydrogen-bond donors (Lipinski definition) is 2. The molecule has 0 unspecified atom stereocenters. The zero-order chi connectivity index (χ0) is 19.1. The van der Waals surface area contributed by atoms with Crippen LogP contribution in [0.5, 0.6) is 11.5 Å². The molecule has 0 spiro atoms. The summed E-state index contributed by atoms with van der Waals surface area (Å²) in [5, 5.41) is 0. The Balaban J connectivity index is 2.28. The molecule has 8 nitrogen and oxygen atoms in total. The highest BCUT2D eigenvalue weighted by atomic mass is 32.2. The second-order valence-corrected chi connectivity index (χ2v) is 6.22. The van der Waals surface area contributed by atoms with Crippen LogP contribution in [0.4, 0.5) is 11.8 Å². The van der Waals surface area contributed by atoms with E-state index >= 15 is 0 Å². The largest absolute Gasteiger partial charge is 0.495 e. The minimum atomic E-state index is -0.294. The zero-order valence-electron chi connectivity index (χ0n) is 14.9. The SMILES string of the molecule is CCOC(=O)CSc1c(OC)cc(Cc2cnc(N)nc2N)cc1OC. The molecule has 0 aliphatic rings. The molecule has 1 aromatic carbocycles.